The number of nitrogens with one attached hydrogen (secondary N) is 1. The molecule has 0 atom stereocenters. The molecule has 0 unspecified atom stereocenters. The lowest BCUT2D eigenvalue weighted by molar-refractivity contribution is 0.481. The van der Waals surface area contributed by atoms with Crippen LogP contribution in [0.1, 0.15) is 0 Å². The first kappa shape index (κ1) is 13.7. The SMILES string of the molecule is [NH]c1cc2ccc(S(=O)(=O)O)cc2cc1S(=O)(=O)O. The molecule has 19 heavy (non-hydrogen) atoms. The van der Waals surface area contributed by atoms with E-state index in [1.54, 1.807) is 0 Å². The van der Waals surface area contributed by atoms with Gasteiger partial charge >= 0.3 is 0 Å². The Hall–Kier alpha value is -1.68. The molecule has 0 saturated heterocycles. The first-order valence-electron chi connectivity index (χ1n) is 4.83. The average molecular weight is 302 g/mol. The van der Waals surface area contributed by atoms with Gasteiger partial charge in [0.15, 0.2) is 0 Å². The zero-order valence-corrected chi connectivity index (χ0v) is 10.9. The summed E-state index contributed by atoms with van der Waals surface area (Å²) in [4.78, 5) is -1.04. The summed E-state index contributed by atoms with van der Waals surface area (Å²) in [5, 5.41) is 0.573. The van der Waals surface area contributed by atoms with Crippen molar-refractivity contribution in [1.82, 2.24) is 5.73 Å². The third-order valence-corrected chi connectivity index (χ3v) is 4.23. The molecule has 0 bridgehead atoms. The Morgan fingerprint density at radius 1 is 0.842 bits per heavy atom. The van der Waals surface area contributed by atoms with Crippen molar-refractivity contribution < 1.29 is 25.9 Å². The van der Waals surface area contributed by atoms with Crippen molar-refractivity contribution in [3.63, 3.8) is 0 Å². The number of fused-ring (bicyclic) bond motifs is 1. The van der Waals surface area contributed by atoms with E-state index in [0.717, 1.165) is 18.2 Å². The molecule has 0 aliphatic heterocycles. The Balaban J connectivity index is 2.83. The average Bonchev–Trinajstić information content (AvgIpc) is 2.24. The molecule has 7 nitrogen and oxygen atoms in total. The molecule has 0 fully saturated rings. The van der Waals surface area contributed by atoms with Gasteiger partial charge in [-0.25, -0.2) is 0 Å². The van der Waals surface area contributed by atoms with Crippen molar-refractivity contribution >= 4 is 36.7 Å². The largest absolute Gasteiger partial charge is 0.299 e. The number of benzene rings is 2. The highest BCUT2D eigenvalue weighted by atomic mass is 32.2. The topological polar surface area (TPSA) is 133 Å². The van der Waals surface area contributed by atoms with Crippen molar-refractivity contribution in [3.8, 4) is 0 Å². The van der Waals surface area contributed by atoms with E-state index < -0.39 is 35.7 Å². The molecular weight excluding hydrogens is 294 g/mol. The van der Waals surface area contributed by atoms with Gasteiger partial charge in [0.1, 0.15) is 4.90 Å². The van der Waals surface area contributed by atoms with Gasteiger partial charge in [-0.1, -0.05) is 6.07 Å². The van der Waals surface area contributed by atoms with Crippen LogP contribution in [0.2, 0.25) is 0 Å². The molecule has 0 saturated carbocycles. The standard InChI is InChI=1S/C10H8NO6S2/c11-9-4-6-1-2-8(18(12,13)14)3-7(6)5-10(9)19(15,16)17/h1-5,11H,(H,12,13,14)(H,15,16,17). The van der Waals surface area contributed by atoms with Gasteiger partial charge in [0.05, 0.1) is 10.6 Å². The summed E-state index contributed by atoms with van der Waals surface area (Å²) in [5.74, 6) is 0. The van der Waals surface area contributed by atoms with Gasteiger partial charge in [0.2, 0.25) is 0 Å². The summed E-state index contributed by atoms with van der Waals surface area (Å²) in [6.07, 6.45) is 0. The fraction of sp³-hybridized carbons (Fsp3) is 0. The summed E-state index contributed by atoms with van der Waals surface area (Å²) in [6, 6.07) is 5.65. The van der Waals surface area contributed by atoms with E-state index in [1.165, 1.54) is 12.1 Å². The molecular formula is C10H8NO6S2. The maximum atomic E-state index is 11.0. The summed E-state index contributed by atoms with van der Waals surface area (Å²) in [7, 11) is -8.98. The van der Waals surface area contributed by atoms with Gasteiger partial charge in [0, 0.05) is 0 Å². The molecule has 1 radical (unpaired) electrons. The maximum absolute atomic E-state index is 11.0. The van der Waals surface area contributed by atoms with Crippen LogP contribution in [0, 0.1) is 0 Å². The minimum absolute atomic E-state index is 0.166. The first-order chi connectivity index (χ1) is 8.59. The Kier molecular flexibility index (Phi) is 3.01. The van der Waals surface area contributed by atoms with Crippen LogP contribution < -0.4 is 5.73 Å². The zero-order valence-electron chi connectivity index (χ0n) is 9.23. The number of hydrogen-bond acceptors (Lipinski definition) is 4. The minimum atomic E-state index is -4.57. The van der Waals surface area contributed by atoms with Gasteiger partial charge in [-0.3, -0.25) is 14.8 Å². The molecule has 2 aromatic rings. The Labute approximate surface area is 109 Å². The summed E-state index contributed by atoms with van der Waals surface area (Å²) in [6.45, 7) is 0. The quantitative estimate of drug-likeness (QED) is 0.802. The normalized spacial score (nSPS) is 12.7. The van der Waals surface area contributed by atoms with E-state index in [2.05, 4.69) is 0 Å². The summed E-state index contributed by atoms with van der Waals surface area (Å²) < 4.78 is 61.9. The van der Waals surface area contributed by atoms with Crippen LogP contribution in [-0.4, -0.2) is 25.9 Å². The van der Waals surface area contributed by atoms with Crippen LogP contribution in [-0.2, 0) is 20.2 Å². The highest BCUT2D eigenvalue weighted by molar-refractivity contribution is 7.86. The predicted octanol–water partition coefficient (Wildman–Crippen LogP) is 1.25. The molecule has 2 aromatic carbocycles. The molecule has 0 heterocycles. The first-order valence-corrected chi connectivity index (χ1v) is 7.71. The molecule has 0 aliphatic carbocycles. The molecule has 2 rings (SSSR count). The lowest BCUT2D eigenvalue weighted by Crippen LogP contribution is -2.01. The van der Waals surface area contributed by atoms with Crippen LogP contribution in [0.4, 0.5) is 5.69 Å². The van der Waals surface area contributed by atoms with Crippen LogP contribution >= 0.6 is 0 Å². The fourth-order valence-electron chi connectivity index (χ4n) is 1.63. The third-order valence-electron chi connectivity index (χ3n) is 2.49. The van der Waals surface area contributed by atoms with Gasteiger partial charge in [0.25, 0.3) is 20.2 Å². The second-order valence-electron chi connectivity index (χ2n) is 3.81. The highest BCUT2D eigenvalue weighted by Gasteiger charge is 2.17. The third kappa shape index (κ3) is 2.68. The molecule has 0 spiro atoms. The van der Waals surface area contributed by atoms with Crippen molar-refractivity contribution in [2.45, 2.75) is 9.79 Å². The van der Waals surface area contributed by atoms with Gasteiger partial charge < -0.3 is 0 Å². The van der Waals surface area contributed by atoms with E-state index in [9.17, 15) is 16.8 Å². The van der Waals surface area contributed by atoms with Crippen molar-refractivity contribution in [2.24, 2.45) is 0 Å². The van der Waals surface area contributed by atoms with Crippen LogP contribution in [0.5, 0.6) is 0 Å². The maximum Gasteiger partial charge on any atom is 0.296 e. The van der Waals surface area contributed by atoms with Gasteiger partial charge in [-0.2, -0.15) is 16.8 Å². The van der Waals surface area contributed by atoms with Crippen molar-refractivity contribution in [1.29, 1.82) is 0 Å². The van der Waals surface area contributed by atoms with Crippen LogP contribution in [0.25, 0.3) is 10.8 Å². The molecule has 3 N–H and O–H groups in total. The Morgan fingerprint density at radius 2 is 1.47 bits per heavy atom. The second-order valence-corrected chi connectivity index (χ2v) is 6.62. The second kappa shape index (κ2) is 4.17. The minimum Gasteiger partial charge on any atom is -0.299 e. The zero-order chi connectivity index (χ0) is 14.4. The lowest BCUT2D eigenvalue weighted by Gasteiger charge is -2.05. The Bertz CT molecular complexity index is 870. The summed E-state index contributed by atoms with van der Waals surface area (Å²) >= 11 is 0. The van der Waals surface area contributed by atoms with Crippen LogP contribution in [0.15, 0.2) is 40.1 Å². The van der Waals surface area contributed by atoms with Crippen molar-refractivity contribution in [3.05, 3.63) is 30.3 Å². The highest BCUT2D eigenvalue weighted by Crippen LogP contribution is 2.28. The van der Waals surface area contributed by atoms with E-state index in [4.69, 9.17) is 14.8 Å². The lowest BCUT2D eigenvalue weighted by atomic mass is 10.1. The molecule has 0 aliphatic rings. The fourth-order valence-corrected chi connectivity index (χ4v) is 2.76. The van der Waals surface area contributed by atoms with Crippen molar-refractivity contribution in [2.75, 3.05) is 0 Å². The smallest absolute Gasteiger partial charge is 0.296 e. The molecule has 0 aromatic heterocycles. The van der Waals surface area contributed by atoms with E-state index in [1.807, 2.05) is 0 Å². The van der Waals surface area contributed by atoms with Gasteiger partial charge in [-0.05, 0) is 35.0 Å². The molecule has 0 amide bonds. The van der Waals surface area contributed by atoms with E-state index in [-0.39, 0.29) is 5.39 Å². The number of hydrogen-bond donors (Lipinski definition) is 2. The summed E-state index contributed by atoms with van der Waals surface area (Å²) in [5.41, 5.74) is 7.07. The predicted molar refractivity (Wildman–Crippen MR) is 66.3 cm³/mol. The molecule has 101 valence electrons. The van der Waals surface area contributed by atoms with E-state index in [0.29, 0.717) is 5.39 Å². The van der Waals surface area contributed by atoms with E-state index >= 15 is 0 Å². The van der Waals surface area contributed by atoms with Crippen LogP contribution in [0.3, 0.4) is 0 Å². The molecule has 9 heteroatoms. The Morgan fingerprint density at radius 3 is 2.00 bits per heavy atom. The van der Waals surface area contributed by atoms with Gasteiger partial charge in [-0.15, -0.1) is 0 Å². The number of rotatable bonds is 2. The monoisotopic (exact) mass is 302 g/mol.